The molecule has 0 spiro atoms. The van der Waals surface area contributed by atoms with Gasteiger partial charge in [-0.1, -0.05) is 27.2 Å². The van der Waals surface area contributed by atoms with Gasteiger partial charge in [0.1, 0.15) is 0 Å². The van der Waals surface area contributed by atoms with E-state index < -0.39 is 0 Å². The van der Waals surface area contributed by atoms with Gasteiger partial charge in [-0.15, -0.1) is 0 Å². The van der Waals surface area contributed by atoms with Gasteiger partial charge >= 0.3 is 0 Å². The number of piperidine rings is 1. The van der Waals surface area contributed by atoms with Gasteiger partial charge in [-0.05, 0) is 18.3 Å². The fraction of sp³-hybridized carbons (Fsp3) is 1.00. The third kappa shape index (κ3) is 5.27. The molecule has 1 rings (SSSR count). The Morgan fingerprint density at radius 2 is 1.69 bits per heavy atom. The van der Waals surface area contributed by atoms with Crippen molar-refractivity contribution in [3.63, 3.8) is 0 Å². The molecule has 0 aromatic carbocycles. The number of ether oxygens (including phenoxy) is 1. The minimum Gasteiger partial charge on any atom is -0.366 e. The number of hydrogen-bond donors (Lipinski definition) is 0. The Kier molecular flexibility index (Phi) is 4.20. The van der Waals surface area contributed by atoms with Crippen molar-refractivity contribution >= 4 is 0 Å². The predicted molar refractivity (Wildman–Crippen MR) is 55.7 cm³/mol. The molecule has 78 valence electrons. The van der Waals surface area contributed by atoms with Crippen molar-refractivity contribution < 1.29 is 4.74 Å². The van der Waals surface area contributed by atoms with E-state index in [1.807, 2.05) is 0 Å². The molecular formula is C11H23NO. The van der Waals surface area contributed by atoms with Crippen molar-refractivity contribution in [3.05, 3.63) is 0 Å². The summed E-state index contributed by atoms with van der Waals surface area (Å²) in [6.45, 7) is 10.8. The lowest BCUT2D eigenvalue weighted by Gasteiger charge is -2.27. The molecule has 2 nitrogen and oxygen atoms in total. The molecule has 0 aromatic heterocycles. The first-order chi connectivity index (χ1) is 6.08. The topological polar surface area (TPSA) is 12.5 Å². The van der Waals surface area contributed by atoms with E-state index in [0.717, 1.165) is 13.3 Å². The van der Waals surface area contributed by atoms with Crippen LogP contribution in [0.15, 0.2) is 0 Å². The summed E-state index contributed by atoms with van der Waals surface area (Å²) in [5.41, 5.74) is 0.301. The minimum atomic E-state index is 0.301. The Bertz CT molecular complexity index is 134. The van der Waals surface area contributed by atoms with E-state index in [9.17, 15) is 0 Å². The lowest BCUT2D eigenvalue weighted by Crippen LogP contribution is -2.33. The van der Waals surface area contributed by atoms with Crippen LogP contribution in [0.4, 0.5) is 0 Å². The van der Waals surface area contributed by atoms with Crippen molar-refractivity contribution in [2.75, 3.05) is 26.4 Å². The lowest BCUT2D eigenvalue weighted by molar-refractivity contribution is -0.0116. The molecule has 1 saturated heterocycles. The van der Waals surface area contributed by atoms with Gasteiger partial charge in [0.05, 0.1) is 13.3 Å². The molecule has 0 atom stereocenters. The van der Waals surface area contributed by atoms with Crippen molar-refractivity contribution in [2.45, 2.75) is 40.0 Å². The van der Waals surface area contributed by atoms with E-state index in [1.165, 1.54) is 32.4 Å². The second-order valence-corrected chi connectivity index (χ2v) is 5.22. The molecule has 0 saturated carbocycles. The first-order valence-electron chi connectivity index (χ1n) is 5.38. The normalized spacial score (nSPS) is 20.5. The molecular weight excluding hydrogens is 162 g/mol. The van der Waals surface area contributed by atoms with E-state index in [0.29, 0.717) is 5.41 Å². The maximum Gasteiger partial charge on any atom is 0.0990 e. The maximum atomic E-state index is 5.66. The van der Waals surface area contributed by atoms with Crippen LogP contribution in [0.2, 0.25) is 0 Å². The van der Waals surface area contributed by atoms with Gasteiger partial charge < -0.3 is 4.74 Å². The van der Waals surface area contributed by atoms with Gasteiger partial charge in [0, 0.05) is 13.1 Å². The zero-order valence-electron chi connectivity index (χ0n) is 9.31. The summed E-state index contributed by atoms with van der Waals surface area (Å²) in [5, 5.41) is 0. The van der Waals surface area contributed by atoms with Crippen LogP contribution in [-0.2, 0) is 4.74 Å². The summed E-state index contributed by atoms with van der Waals surface area (Å²) in [6, 6.07) is 0. The van der Waals surface area contributed by atoms with Crippen LogP contribution in [0.5, 0.6) is 0 Å². The Balaban J connectivity index is 2.04. The van der Waals surface area contributed by atoms with Crippen LogP contribution in [0, 0.1) is 5.41 Å². The molecule has 0 radical (unpaired) electrons. The summed E-state index contributed by atoms with van der Waals surface area (Å²) in [4.78, 5) is 2.41. The van der Waals surface area contributed by atoms with E-state index in [1.54, 1.807) is 0 Å². The average molecular weight is 185 g/mol. The number of likely N-dealkylation sites (tertiary alicyclic amines) is 1. The lowest BCUT2D eigenvalue weighted by atomic mass is 9.99. The molecule has 1 fully saturated rings. The molecule has 0 unspecified atom stereocenters. The molecule has 0 bridgehead atoms. The quantitative estimate of drug-likeness (QED) is 0.670. The summed E-state index contributed by atoms with van der Waals surface area (Å²) in [5.74, 6) is 0. The van der Waals surface area contributed by atoms with E-state index >= 15 is 0 Å². The Hall–Kier alpha value is -0.0800. The van der Waals surface area contributed by atoms with Gasteiger partial charge in [0.25, 0.3) is 0 Å². The Morgan fingerprint density at radius 1 is 1.08 bits per heavy atom. The third-order valence-electron chi connectivity index (χ3n) is 2.26. The smallest absolute Gasteiger partial charge is 0.0990 e. The highest BCUT2D eigenvalue weighted by Crippen LogP contribution is 2.14. The predicted octanol–water partition coefficient (Wildman–Crippen LogP) is 2.49. The summed E-state index contributed by atoms with van der Waals surface area (Å²) >= 11 is 0. The Morgan fingerprint density at radius 3 is 2.23 bits per heavy atom. The largest absolute Gasteiger partial charge is 0.366 e. The second-order valence-electron chi connectivity index (χ2n) is 5.22. The monoisotopic (exact) mass is 185 g/mol. The van der Waals surface area contributed by atoms with Gasteiger partial charge in [0.15, 0.2) is 0 Å². The third-order valence-corrected chi connectivity index (χ3v) is 2.26. The number of rotatable bonds is 3. The van der Waals surface area contributed by atoms with Crippen LogP contribution < -0.4 is 0 Å². The van der Waals surface area contributed by atoms with E-state index in [2.05, 4.69) is 25.7 Å². The highest BCUT2D eigenvalue weighted by atomic mass is 16.5. The first kappa shape index (κ1) is 11.0. The van der Waals surface area contributed by atoms with Crippen LogP contribution in [-0.4, -0.2) is 31.3 Å². The first-order valence-corrected chi connectivity index (χ1v) is 5.38. The minimum absolute atomic E-state index is 0.301. The molecule has 1 aliphatic heterocycles. The van der Waals surface area contributed by atoms with E-state index in [-0.39, 0.29) is 0 Å². The van der Waals surface area contributed by atoms with Crippen molar-refractivity contribution in [2.24, 2.45) is 5.41 Å². The van der Waals surface area contributed by atoms with Gasteiger partial charge in [-0.25, -0.2) is 0 Å². The standard InChI is InChI=1S/C11H23NO/c1-11(2,3)9-13-10-12-7-5-4-6-8-12/h4-10H2,1-3H3. The van der Waals surface area contributed by atoms with Crippen LogP contribution >= 0.6 is 0 Å². The van der Waals surface area contributed by atoms with Crippen molar-refractivity contribution in [1.29, 1.82) is 0 Å². The highest BCUT2D eigenvalue weighted by molar-refractivity contribution is 4.62. The Labute approximate surface area is 82.3 Å². The van der Waals surface area contributed by atoms with Crippen molar-refractivity contribution in [1.82, 2.24) is 4.90 Å². The van der Waals surface area contributed by atoms with Gasteiger partial charge in [-0.3, -0.25) is 4.90 Å². The second kappa shape index (κ2) is 4.97. The molecule has 0 aliphatic carbocycles. The number of nitrogens with zero attached hydrogens (tertiary/aromatic N) is 1. The summed E-state index contributed by atoms with van der Waals surface area (Å²) < 4.78 is 5.66. The van der Waals surface area contributed by atoms with Crippen LogP contribution in [0.25, 0.3) is 0 Å². The van der Waals surface area contributed by atoms with Gasteiger partial charge in [0.2, 0.25) is 0 Å². The number of hydrogen-bond acceptors (Lipinski definition) is 2. The van der Waals surface area contributed by atoms with Crippen LogP contribution in [0.3, 0.4) is 0 Å². The molecule has 0 N–H and O–H groups in total. The molecule has 1 aliphatic rings. The highest BCUT2D eigenvalue weighted by Gasteiger charge is 2.13. The maximum absolute atomic E-state index is 5.66. The fourth-order valence-corrected chi connectivity index (χ4v) is 1.57. The van der Waals surface area contributed by atoms with Gasteiger partial charge in [-0.2, -0.15) is 0 Å². The van der Waals surface area contributed by atoms with Crippen LogP contribution in [0.1, 0.15) is 40.0 Å². The summed E-state index contributed by atoms with van der Waals surface area (Å²) in [7, 11) is 0. The zero-order valence-corrected chi connectivity index (χ0v) is 9.31. The average Bonchev–Trinajstić information content (AvgIpc) is 2.04. The molecule has 13 heavy (non-hydrogen) atoms. The SMILES string of the molecule is CC(C)(C)COCN1CCCCC1. The molecule has 0 amide bonds. The van der Waals surface area contributed by atoms with Crippen molar-refractivity contribution in [3.8, 4) is 0 Å². The molecule has 2 heteroatoms. The zero-order chi connectivity index (χ0) is 9.73. The molecule has 1 heterocycles. The summed E-state index contributed by atoms with van der Waals surface area (Å²) in [6.07, 6.45) is 4.09. The fourth-order valence-electron chi connectivity index (χ4n) is 1.57. The molecule has 0 aromatic rings. The van der Waals surface area contributed by atoms with E-state index in [4.69, 9.17) is 4.74 Å².